The fraction of sp³-hybridized carbons (Fsp3) is 0.444. The minimum atomic E-state index is -0.160. The van der Waals surface area contributed by atoms with Crippen LogP contribution in [0.4, 0.5) is 9.93 Å². The van der Waals surface area contributed by atoms with Gasteiger partial charge in [0.1, 0.15) is 0 Å². The maximum atomic E-state index is 11.9. The zero-order valence-corrected chi connectivity index (χ0v) is 14.8. The van der Waals surface area contributed by atoms with Crippen molar-refractivity contribution >= 4 is 22.5 Å². The van der Waals surface area contributed by atoms with Crippen LogP contribution in [0.2, 0.25) is 0 Å². The Kier molecular flexibility index (Phi) is 5.82. The molecule has 1 fully saturated rings. The largest absolute Gasteiger partial charge is 0.337 e. The van der Waals surface area contributed by atoms with Crippen molar-refractivity contribution in [2.24, 2.45) is 5.92 Å². The van der Waals surface area contributed by atoms with Crippen molar-refractivity contribution in [1.82, 2.24) is 15.2 Å². The van der Waals surface area contributed by atoms with Gasteiger partial charge in [-0.3, -0.25) is 5.32 Å². The first-order valence-corrected chi connectivity index (χ1v) is 9.24. The summed E-state index contributed by atoms with van der Waals surface area (Å²) < 4.78 is 0. The number of urea groups is 1. The van der Waals surface area contributed by atoms with Gasteiger partial charge in [0.2, 0.25) is 0 Å². The van der Waals surface area contributed by atoms with Crippen molar-refractivity contribution in [3.05, 3.63) is 47.0 Å². The summed E-state index contributed by atoms with van der Waals surface area (Å²) >= 11 is 1.49. The second kappa shape index (κ2) is 8.26. The Morgan fingerprint density at radius 2 is 2.21 bits per heavy atom. The lowest BCUT2D eigenvalue weighted by molar-refractivity contribution is 0.249. The summed E-state index contributed by atoms with van der Waals surface area (Å²) in [5.41, 5.74) is 1.39. The molecule has 2 N–H and O–H groups in total. The summed E-state index contributed by atoms with van der Waals surface area (Å²) in [4.78, 5) is 19.6. The highest BCUT2D eigenvalue weighted by Crippen LogP contribution is 2.17. The number of carbonyl (C=O) groups excluding carboxylic acids is 1. The summed E-state index contributed by atoms with van der Waals surface area (Å²) in [5, 5.41) is 6.41. The lowest BCUT2D eigenvalue weighted by Gasteiger charge is -2.16. The Balaban J connectivity index is 1.34. The van der Waals surface area contributed by atoms with Gasteiger partial charge in [0.05, 0.1) is 0 Å². The number of benzene rings is 1. The molecule has 1 unspecified atom stereocenters. The fourth-order valence-corrected chi connectivity index (χ4v) is 3.66. The van der Waals surface area contributed by atoms with Crippen molar-refractivity contribution in [3.8, 4) is 0 Å². The number of aromatic nitrogens is 1. The van der Waals surface area contributed by atoms with Gasteiger partial charge in [-0.2, -0.15) is 0 Å². The van der Waals surface area contributed by atoms with Crippen LogP contribution in [0.1, 0.15) is 16.9 Å². The van der Waals surface area contributed by atoms with Crippen molar-refractivity contribution in [2.75, 3.05) is 31.5 Å². The Morgan fingerprint density at radius 1 is 1.38 bits per heavy atom. The number of nitrogens with one attached hydrogen (secondary N) is 2. The third kappa shape index (κ3) is 5.04. The Bertz CT molecular complexity index is 658. The molecule has 1 aliphatic rings. The van der Waals surface area contributed by atoms with E-state index in [4.69, 9.17) is 0 Å². The molecule has 2 heterocycles. The van der Waals surface area contributed by atoms with Crippen LogP contribution >= 0.6 is 11.3 Å². The minimum absolute atomic E-state index is 0.160. The van der Waals surface area contributed by atoms with E-state index in [-0.39, 0.29) is 6.03 Å². The van der Waals surface area contributed by atoms with E-state index in [2.05, 4.69) is 50.8 Å². The maximum Gasteiger partial charge on any atom is 0.321 e. The minimum Gasteiger partial charge on any atom is -0.337 e. The SMILES string of the molecule is Cc1cnc(NC(=O)NCC2CCN(CCc3ccccc3)C2)s1. The van der Waals surface area contributed by atoms with Gasteiger partial charge in [-0.15, -0.1) is 11.3 Å². The summed E-state index contributed by atoms with van der Waals surface area (Å²) in [7, 11) is 0. The highest BCUT2D eigenvalue weighted by atomic mass is 32.1. The monoisotopic (exact) mass is 344 g/mol. The van der Waals surface area contributed by atoms with Gasteiger partial charge >= 0.3 is 6.03 Å². The first-order valence-electron chi connectivity index (χ1n) is 8.42. The molecule has 5 nitrogen and oxygen atoms in total. The Labute approximate surface area is 147 Å². The number of hydrogen-bond donors (Lipinski definition) is 2. The molecule has 1 saturated heterocycles. The molecule has 0 aliphatic carbocycles. The summed E-state index contributed by atoms with van der Waals surface area (Å²) in [6.45, 7) is 5.96. The zero-order chi connectivity index (χ0) is 16.8. The highest BCUT2D eigenvalue weighted by Gasteiger charge is 2.22. The van der Waals surface area contributed by atoms with Gasteiger partial charge in [-0.05, 0) is 37.8 Å². The van der Waals surface area contributed by atoms with Gasteiger partial charge in [0.15, 0.2) is 5.13 Å². The number of nitrogens with zero attached hydrogens (tertiary/aromatic N) is 2. The molecule has 0 saturated carbocycles. The van der Waals surface area contributed by atoms with Gasteiger partial charge in [-0.25, -0.2) is 9.78 Å². The molecule has 2 amide bonds. The number of likely N-dealkylation sites (tertiary alicyclic amines) is 1. The van der Waals surface area contributed by atoms with E-state index in [9.17, 15) is 4.79 Å². The fourth-order valence-electron chi connectivity index (χ4n) is 3.01. The molecule has 0 bridgehead atoms. The standard InChI is InChI=1S/C18H24N4OS/c1-14-11-20-18(24-14)21-17(23)19-12-16-8-10-22(13-16)9-7-15-5-3-2-4-6-15/h2-6,11,16H,7-10,12-13H2,1H3,(H2,19,20,21,23). The van der Waals surface area contributed by atoms with Crippen LogP contribution in [0.25, 0.3) is 0 Å². The van der Waals surface area contributed by atoms with Gasteiger partial charge in [0, 0.05) is 30.7 Å². The quantitative estimate of drug-likeness (QED) is 0.846. The van der Waals surface area contributed by atoms with Crippen molar-refractivity contribution in [3.63, 3.8) is 0 Å². The Hall–Kier alpha value is -1.92. The molecule has 1 aromatic heterocycles. The molecule has 1 atom stereocenters. The second-order valence-corrected chi connectivity index (χ2v) is 7.54. The van der Waals surface area contributed by atoms with E-state index in [0.29, 0.717) is 11.0 Å². The van der Waals surface area contributed by atoms with Gasteiger partial charge in [0.25, 0.3) is 0 Å². The van der Waals surface area contributed by atoms with E-state index >= 15 is 0 Å². The van der Waals surface area contributed by atoms with E-state index in [1.807, 2.05) is 6.92 Å². The van der Waals surface area contributed by atoms with Crippen LogP contribution in [0.5, 0.6) is 0 Å². The van der Waals surface area contributed by atoms with Crippen LogP contribution in [0, 0.1) is 12.8 Å². The summed E-state index contributed by atoms with van der Waals surface area (Å²) in [5.74, 6) is 0.532. The van der Waals surface area contributed by atoms with E-state index in [1.54, 1.807) is 6.20 Å². The smallest absolute Gasteiger partial charge is 0.321 e. The molecule has 0 spiro atoms. The van der Waals surface area contributed by atoms with Crippen LogP contribution in [-0.2, 0) is 6.42 Å². The molecule has 1 aliphatic heterocycles. The number of aryl methyl sites for hydroxylation is 1. The zero-order valence-electron chi connectivity index (χ0n) is 14.0. The summed E-state index contributed by atoms with van der Waals surface area (Å²) in [6, 6.07) is 10.4. The van der Waals surface area contributed by atoms with E-state index < -0.39 is 0 Å². The lowest BCUT2D eigenvalue weighted by atomic mass is 10.1. The Morgan fingerprint density at radius 3 is 2.96 bits per heavy atom. The summed E-state index contributed by atoms with van der Waals surface area (Å²) in [6.07, 6.45) is 4.00. The molecule has 1 aromatic carbocycles. The van der Waals surface area contributed by atoms with Crippen LogP contribution in [0.15, 0.2) is 36.5 Å². The average molecular weight is 344 g/mol. The third-order valence-electron chi connectivity index (χ3n) is 4.32. The predicted octanol–water partition coefficient (Wildman–Crippen LogP) is 3.14. The number of amides is 2. The maximum absolute atomic E-state index is 11.9. The van der Waals surface area contributed by atoms with Gasteiger partial charge < -0.3 is 10.2 Å². The molecule has 2 aromatic rings. The average Bonchev–Trinajstić information content (AvgIpc) is 3.21. The topological polar surface area (TPSA) is 57.3 Å². The van der Waals surface area contributed by atoms with Crippen LogP contribution in [0.3, 0.4) is 0 Å². The number of hydrogen-bond acceptors (Lipinski definition) is 4. The lowest BCUT2D eigenvalue weighted by Crippen LogP contribution is -2.34. The van der Waals surface area contributed by atoms with Crippen LogP contribution in [-0.4, -0.2) is 42.1 Å². The third-order valence-corrected chi connectivity index (χ3v) is 5.15. The van der Waals surface area contributed by atoms with Crippen LogP contribution < -0.4 is 10.6 Å². The molecule has 6 heteroatoms. The normalized spacial score (nSPS) is 17.8. The number of anilines is 1. The van der Waals surface area contributed by atoms with Crippen molar-refractivity contribution in [2.45, 2.75) is 19.8 Å². The first-order chi connectivity index (χ1) is 11.7. The predicted molar refractivity (Wildman–Crippen MR) is 98.6 cm³/mol. The number of thiazole rings is 1. The number of carbonyl (C=O) groups is 1. The van der Waals surface area contributed by atoms with E-state index in [1.165, 1.54) is 16.9 Å². The highest BCUT2D eigenvalue weighted by molar-refractivity contribution is 7.15. The molecular weight excluding hydrogens is 320 g/mol. The van der Waals surface area contributed by atoms with E-state index in [0.717, 1.165) is 43.9 Å². The molecule has 3 rings (SSSR count). The molecule has 128 valence electrons. The van der Waals surface area contributed by atoms with Crippen molar-refractivity contribution in [1.29, 1.82) is 0 Å². The van der Waals surface area contributed by atoms with Crippen molar-refractivity contribution < 1.29 is 4.79 Å². The first kappa shape index (κ1) is 16.9. The van der Waals surface area contributed by atoms with Gasteiger partial charge in [-0.1, -0.05) is 30.3 Å². The molecule has 0 radical (unpaired) electrons. The molecular formula is C18H24N4OS. The second-order valence-electron chi connectivity index (χ2n) is 6.30. The number of rotatable bonds is 6. The molecule has 24 heavy (non-hydrogen) atoms.